The van der Waals surface area contributed by atoms with E-state index in [-0.39, 0.29) is 29.8 Å². The average Bonchev–Trinajstić information content (AvgIpc) is 2.38. The largest absolute Gasteiger partial charge is 0.472 e. The molecule has 0 aliphatic rings. The van der Waals surface area contributed by atoms with Gasteiger partial charge in [-0.2, -0.15) is 0 Å². The summed E-state index contributed by atoms with van der Waals surface area (Å²) in [5.74, 6) is -2.06. The quantitative estimate of drug-likeness (QED) is 0.355. The molecule has 2 unspecified atom stereocenters. The molecular formula is C16H31O8P. The Morgan fingerprint density at radius 3 is 1.92 bits per heavy atom. The smallest absolute Gasteiger partial charge is 0.461 e. The van der Waals surface area contributed by atoms with Gasteiger partial charge in [-0.15, -0.1) is 0 Å². The molecule has 25 heavy (non-hydrogen) atoms. The van der Waals surface area contributed by atoms with Crippen molar-refractivity contribution < 1.29 is 37.9 Å². The van der Waals surface area contributed by atoms with Crippen LogP contribution in [0.5, 0.6) is 0 Å². The zero-order chi connectivity index (χ0) is 20.0. The first kappa shape index (κ1) is 24.1. The van der Waals surface area contributed by atoms with Crippen molar-refractivity contribution in [1.82, 2.24) is 0 Å². The highest BCUT2D eigenvalue weighted by Crippen LogP contribution is 2.35. The first-order chi connectivity index (χ1) is 11.1. The molecule has 0 fully saturated rings. The minimum Gasteiger partial charge on any atom is -0.461 e. The van der Waals surface area contributed by atoms with Crippen molar-refractivity contribution in [3.63, 3.8) is 0 Å². The van der Waals surface area contributed by atoms with Gasteiger partial charge in [0.15, 0.2) is 0 Å². The zero-order valence-electron chi connectivity index (χ0n) is 16.0. The maximum Gasteiger partial charge on any atom is 0.472 e. The number of phosphoric acid groups is 1. The second-order valence-electron chi connectivity index (χ2n) is 7.78. The molecule has 8 nitrogen and oxygen atoms in total. The summed E-state index contributed by atoms with van der Waals surface area (Å²) < 4.78 is 24.9. The number of hydrogen-bond acceptors (Lipinski definition) is 6. The van der Waals surface area contributed by atoms with Crippen LogP contribution in [0.3, 0.4) is 0 Å². The van der Waals surface area contributed by atoms with Crippen LogP contribution in [0.2, 0.25) is 0 Å². The third-order valence-corrected chi connectivity index (χ3v) is 4.08. The van der Waals surface area contributed by atoms with Gasteiger partial charge in [0.25, 0.3) is 0 Å². The van der Waals surface area contributed by atoms with Crippen molar-refractivity contribution in [3.05, 3.63) is 0 Å². The van der Waals surface area contributed by atoms with Gasteiger partial charge in [0, 0.05) is 0 Å². The molecule has 0 saturated heterocycles. The number of carbonyl (C=O) groups is 2. The van der Waals surface area contributed by atoms with Crippen LogP contribution in [-0.2, 0) is 28.2 Å². The normalized spacial score (nSPS) is 15.2. The summed E-state index contributed by atoms with van der Waals surface area (Å²) in [6, 6.07) is 0. The van der Waals surface area contributed by atoms with Gasteiger partial charge in [-0.05, 0) is 17.3 Å². The van der Waals surface area contributed by atoms with E-state index in [2.05, 4.69) is 9.26 Å². The summed E-state index contributed by atoms with van der Waals surface area (Å²) in [6.45, 7) is 12.5. The number of hydrogen-bond donors (Lipinski definition) is 2. The second kappa shape index (κ2) is 9.67. The molecule has 0 amide bonds. The van der Waals surface area contributed by atoms with Crippen LogP contribution in [0, 0.1) is 23.2 Å². The Morgan fingerprint density at radius 2 is 1.56 bits per heavy atom. The van der Waals surface area contributed by atoms with Crippen LogP contribution in [0.1, 0.15) is 54.9 Å². The molecule has 0 bridgehead atoms. The Kier molecular flexibility index (Phi) is 9.30. The van der Waals surface area contributed by atoms with Crippen LogP contribution in [-0.4, -0.2) is 34.6 Å². The maximum absolute atomic E-state index is 12.5. The van der Waals surface area contributed by atoms with Crippen molar-refractivity contribution in [3.8, 4) is 0 Å². The zero-order valence-corrected chi connectivity index (χ0v) is 16.9. The molecule has 0 saturated carbocycles. The Labute approximate surface area is 149 Å². The Bertz CT molecular complexity index is 489. The van der Waals surface area contributed by atoms with Gasteiger partial charge >= 0.3 is 19.8 Å². The number of ether oxygens (including phenoxy) is 2. The lowest BCUT2D eigenvalue weighted by molar-refractivity contribution is -0.169. The molecule has 0 heterocycles. The summed E-state index contributed by atoms with van der Waals surface area (Å²) in [7, 11) is -4.71. The average molecular weight is 382 g/mol. The van der Waals surface area contributed by atoms with E-state index in [1.54, 1.807) is 13.8 Å². The molecule has 0 aromatic rings. The van der Waals surface area contributed by atoms with E-state index in [0.29, 0.717) is 0 Å². The minimum absolute atomic E-state index is 0.111. The molecule has 148 valence electrons. The fourth-order valence-electron chi connectivity index (χ4n) is 2.52. The van der Waals surface area contributed by atoms with Crippen LogP contribution in [0.25, 0.3) is 0 Å². The molecule has 0 aliphatic carbocycles. The molecular weight excluding hydrogens is 351 g/mol. The highest BCUT2D eigenvalue weighted by molar-refractivity contribution is 7.46. The minimum atomic E-state index is -4.71. The van der Waals surface area contributed by atoms with Crippen LogP contribution >= 0.6 is 7.82 Å². The van der Waals surface area contributed by atoms with Crippen molar-refractivity contribution in [1.29, 1.82) is 0 Å². The maximum atomic E-state index is 12.5. The summed E-state index contributed by atoms with van der Waals surface area (Å²) in [5.41, 5.74) is -0.247. The first-order valence-corrected chi connectivity index (χ1v) is 9.74. The van der Waals surface area contributed by atoms with E-state index >= 15 is 0 Å². The molecule has 0 aliphatic heterocycles. The van der Waals surface area contributed by atoms with Gasteiger partial charge in [-0.1, -0.05) is 48.5 Å². The lowest BCUT2D eigenvalue weighted by Gasteiger charge is -2.34. The summed E-state index contributed by atoms with van der Waals surface area (Å²) in [4.78, 5) is 41.4. The summed E-state index contributed by atoms with van der Waals surface area (Å²) in [5, 5.41) is 0. The van der Waals surface area contributed by atoms with Crippen molar-refractivity contribution >= 4 is 19.8 Å². The van der Waals surface area contributed by atoms with Gasteiger partial charge in [0.1, 0.15) is 6.10 Å². The molecule has 0 rings (SSSR count). The highest BCUT2D eigenvalue weighted by atomic mass is 31.2. The second-order valence-corrected chi connectivity index (χ2v) is 9.02. The van der Waals surface area contributed by atoms with Crippen molar-refractivity contribution in [2.24, 2.45) is 23.2 Å². The standard InChI is InChI=1S/C16H31O8P/c1-10(2)12(8-13(17)22-9-23-25(19,20)21)15(18)24-14(11(3)4)16(5,6)7/h10-12,14H,8-9H2,1-7H3,(H2,19,20,21). The van der Waals surface area contributed by atoms with E-state index in [9.17, 15) is 14.2 Å². The molecule has 0 spiro atoms. The molecule has 2 atom stereocenters. The summed E-state index contributed by atoms with van der Waals surface area (Å²) in [6.07, 6.45) is -0.564. The Morgan fingerprint density at radius 1 is 1.04 bits per heavy atom. The van der Waals surface area contributed by atoms with Crippen LogP contribution in [0.4, 0.5) is 0 Å². The highest BCUT2D eigenvalue weighted by Gasteiger charge is 2.35. The van der Waals surface area contributed by atoms with Gasteiger partial charge in [-0.25, -0.2) is 9.09 Å². The monoisotopic (exact) mass is 382 g/mol. The molecule has 0 aromatic carbocycles. The number of phosphoric ester groups is 1. The lowest BCUT2D eigenvalue weighted by Crippen LogP contribution is -2.39. The predicted octanol–water partition coefficient (Wildman–Crippen LogP) is 2.87. The molecule has 0 aromatic heterocycles. The first-order valence-electron chi connectivity index (χ1n) is 8.21. The van der Waals surface area contributed by atoms with E-state index in [4.69, 9.17) is 14.5 Å². The Hall–Kier alpha value is -0.950. The van der Waals surface area contributed by atoms with Crippen molar-refractivity contribution in [2.75, 3.05) is 6.79 Å². The van der Waals surface area contributed by atoms with Crippen LogP contribution in [0.15, 0.2) is 0 Å². The number of rotatable bonds is 9. The molecule has 9 heteroatoms. The molecule has 2 N–H and O–H groups in total. The predicted molar refractivity (Wildman–Crippen MR) is 91.2 cm³/mol. The van der Waals surface area contributed by atoms with Crippen LogP contribution < -0.4 is 0 Å². The van der Waals surface area contributed by atoms with E-state index in [1.165, 1.54) is 0 Å². The van der Waals surface area contributed by atoms with E-state index < -0.39 is 32.5 Å². The van der Waals surface area contributed by atoms with E-state index in [0.717, 1.165) is 0 Å². The lowest BCUT2D eigenvalue weighted by atomic mass is 9.82. The fraction of sp³-hybridized carbons (Fsp3) is 0.875. The van der Waals surface area contributed by atoms with Gasteiger partial charge in [-0.3, -0.25) is 9.59 Å². The van der Waals surface area contributed by atoms with Gasteiger partial charge in [0.2, 0.25) is 6.79 Å². The summed E-state index contributed by atoms with van der Waals surface area (Å²) >= 11 is 0. The third kappa shape index (κ3) is 9.94. The van der Waals surface area contributed by atoms with E-state index in [1.807, 2.05) is 34.6 Å². The van der Waals surface area contributed by atoms with Crippen molar-refractivity contribution in [2.45, 2.75) is 61.0 Å². The molecule has 0 radical (unpaired) electrons. The Balaban J connectivity index is 4.85. The SMILES string of the molecule is CC(C)C(CC(=O)OCOP(=O)(O)O)C(=O)OC(C(C)C)C(C)(C)C. The topological polar surface area (TPSA) is 119 Å². The van der Waals surface area contributed by atoms with Gasteiger partial charge in [0.05, 0.1) is 12.3 Å². The third-order valence-electron chi connectivity index (χ3n) is 3.64. The number of carbonyl (C=O) groups excluding carboxylic acids is 2. The number of esters is 2. The van der Waals surface area contributed by atoms with Gasteiger partial charge < -0.3 is 19.3 Å². The fourth-order valence-corrected chi connectivity index (χ4v) is 2.71.